The van der Waals surface area contributed by atoms with Gasteiger partial charge in [-0.15, -0.1) is 0 Å². The summed E-state index contributed by atoms with van der Waals surface area (Å²) in [7, 11) is 0. The van der Waals surface area contributed by atoms with Crippen molar-refractivity contribution in [3.63, 3.8) is 0 Å². The maximum absolute atomic E-state index is 12.7. The van der Waals surface area contributed by atoms with E-state index in [1.807, 2.05) is 30.9 Å². The molecule has 0 bridgehead atoms. The van der Waals surface area contributed by atoms with Gasteiger partial charge in [-0.2, -0.15) is 0 Å². The largest absolute Gasteiger partial charge is 0.457 e. The molecule has 4 rings (SSSR count). The first-order chi connectivity index (χ1) is 17.2. The Kier molecular flexibility index (Phi) is 8.29. The van der Waals surface area contributed by atoms with Crippen molar-refractivity contribution in [2.45, 2.75) is 13.8 Å². The monoisotopic (exact) mass is 545 g/mol. The standard InChI is InChI=1S/C27H26Cl3N3O3/c1-17(2)27(35)33-14-12-32(13-15-33)23-9-6-18(28)16-22(23)31-25(34)11-8-19-7-10-24(36-19)20-4-3-5-21(29)26(20)30/h3-11,16-17H,12-15H2,1-2H3,(H,31,34)/b11-8+. The van der Waals surface area contributed by atoms with Crippen LogP contribution in [0.25, 0.3) is 17.4 Å². The predicted octanol–water partition coefficient (Wildman–Crippen LogP) is 6.86. The summed E-state index contributed by atoms with van der Waals surface area (Å²) in [6.07, 6.45) is 2.98. The van der Waals surface area contributed by atoms with Crippen molar-refractivity contribution in [3.05, 3.63) is 75.4 Å². The van der Waals surface area contributed by atoms with Crippen molar-refractivity contribution in [2.24, 2.45) is 5.92 Å². The number of anilines is 2. The van der Waals surface area contributed by atoms with Gasteiger partial charge in [0, 0.05) is 48.8 Å². The molecule has 1 aliphatic heterocycles. The summed E-state index contributed by atoms with van der Waals surface area (Å²) >= 11 is 18.6. The molecule has 1 aromatic heterocycles. The molecule has 2 amide bonds. The van der Waals surface area contributed by atoms with Crippen LogP contribution in [-0.4, -0.2) is 42.9 Å². The molecule has 2 aromatic carbocycles. The van der Waals surface area contributed by atoms with Gasteiger partial charge in [-0.1, -0.05) is 54.7 Å². The fraction of sp³-hybridized carbons (Fsp3) is 0.259. The van der Waals surface area contributed by atoms with Crippen molar-refractivity contribution in [2.75, 3.05) is 36.4 Å². The van der Waals surface area contributed by atoms with E-state index in [9.17, 15) is 9.59 Å². The summed E-state index contributed by atoms with van der Waals surface area (Å²) in [5.74, 6) is 0.846. The number of halogens is 3. The second-order valence-electron chi connectivity index (χ2n) is 8.75. The molecule has 0 aliphatic carbocycles. The van der Waals surface area contributed by atoms with E-state index in [-0.39, 0.29) is 17.7 Å². The molecule has 6 nitrogen and oxygen atoms in total. The van der Waals surface area contributed by atoms with Crippen molar-refractivity contribution in [1.82, 2.24) is 4.90 Å². The molecule has 188 valence electrons. The van der Waals surface area contributed by atoms with Crippen LogP contribution in [-0.2, 0) is 9.59 Å². The fourth-order valence-corrected chi connectivity index (χ4v) is 4.60. The molecule has 0 spiro atoms. The molecule has 1 fully saturated rings. The van der Waals surface area contributed by atoms with Crippen LogP contribution in [0.3, 0.4) is 0 Å². The average Bonchev–Trinajstić information content (AvgIpc) is 3.33. The summed E-state index contributed by atoms with van der Waals surface area (Å²) in [6, 6.07) is 14.2. The number of hydrogen-bond acceptors (Lipinski definition) is 4. The van der Waals surface area contributed by atoms with E-state index < -0.39 is 0 Å². The lowest BCUT2D eigenvalue weighted by molar-refractivity contribution is -0.134. The molecule has 2 heterocycles. The molecule has 1 N–H and O–H groups in total. The van der Waals surface area contributed by atoms with Gasteiger partial charge in [-0.3, -0.25) is 9.59 Å². The Morgan fingerprint density at radius 1 is 1.00 bits per heavy atom. The Labute approximate surface area is 225 Å². The number of furan rings is 1. The molecule has 9 heteroatoms. The third kappa shape index (κ3) is 6.06. The number of nitrogens with zero attached hydrogens (tertiary/aromatic N) is 2. The second-order valence-corrected chi connectivity index (χ2v) is 9.98. The van der Waals surface area contributed by atoms with Crippen LogP contribution in [0.1, 0.15) is 19.6 Å². The van der Waals surface area contributed by atoms with E-state index >= 15 is 0 Å². The van der Waals surface area contributed by atoms with Gasteiger partial charge in [-0.25, -0.2) is 0 Å². The van der Waals surface area contributed by atoms with Gasteiger partial charge >= 0.3 is 0 Å². The van der Waals surface area contributed by atoms with Crippen molar-refractivity contribution in [3.8, 4) is 11.3 Å². The minimum absolute atomic E-state index is 0.0264. The number of amides is 2. The van der Waals surface area contributed by atoms with Crippen LogP contribution in [0.5, 0.6) is 0 Å². The first-order valence-corrected chi connectivity index (χ1v) is 12.7. The Balaban J connectivity index is 1.44. The van der Waals surface area contributed by atoms with Crippen molar-refractivity contribution in [1.29, 1.82) is 0 Å². The highest BCUT2D eigenvalue weighted by Crippen LogP contribution is 2.34. The zero-order valence-corrected chi connectivity index (χ0v) is 22.2. The Hall–Kier alpha value is -2.93. The summed E-state index contributed by atoms with van der Waals surface area (Å²) < 4.78 is 5.82. The number of piperazine rings is 1. The lowest BCUT2D eigenvalue weighted by Crippen LogP contribution is -2.50. The smallest absolute Gasteiger partial charge is 0.248 e. The minimum atomic E-state index is -0.328. The molecule has 1 saturated heterocycles. The predicted molar refractivity (Wildman–Crippen MR) is 147 cm³/mol. The SMILES string of the molecule is CC(C)C(=O)N1CCN(c2ccc(Cl)cc2NC(=O)/C=C/c2ccc(-c3cccc(Cl)c3Cl)o2)CC1. The third-order valence-electron chi connectivity index (χ3n) is 5.89. The summed E-state index contributed by atoms with van der Waals surface area (Å²) in [5, 5.41) is 4.27. The molecule has 0 unspecified atom stereocenters. The molecular weight excluding hydrogens is 521 g/mol. The van der Waals surface area contributed by atoms with E-state index in [2.05, 4.69) is 10.2 Å². The first-order valence-electron chi connectivity index (χ1n) is 11.6. The Morgan fingerprint density at radius 2 is 1.75 bits per heavy atom. The number of rotatable bonds is 6. The van der Waals surface area contributed by atoms with Crippen molar-refractivity contribution < 1.29 is 14.0 Å². The van der Waals surface area contributed by atoms with E-state index in [0.717, 1.165) is 5.69 Å². The quantitative estimate of drug-likeness (QED) is 0.343. The molecule has 0 saturated carbocycles. The van der Waals surface area contributed by atoms with Gasteiger partial charge in [0.2, 0.25) is 11.8 Å². The highest BCUT2D eigenvalue weighted by molar-refractivity contribution is 6.43. The van der Waals surface area contributed by atoms with Crippen LogP contribution in [0.15, 0.2) is 59.0 Å². The van der Waals surface area contributed by atoms with E-state index in [1.165, 1.54) is 6.08 Å². The molecule has 0 radical (unpaired) electrons. The second kappa shape index (κ2) is 11.4. The van der Waals surface area contributed by atoms with Gasteiger partial charge < -0.3 is 19.5 Å². The summed E-state index contributed by atoms with van der Waals surface area (Å²) in [4.78, 5) is 29.1. The highest BCUT2D eigenvalue weighted by atomic mass is 35.5. The highest BCUT2D eigenvalue weighted by Gasteiger charge is 2.24. The summed E-state index contributed by atoms with van der Waals surface area (Å²) in [6.45, 7) is 6.41. The van der Waals surface area contributed by atoms with E-state index in [4.69, 9.17) is 39.2 Å². The van der Waals surface area contributed by atoms with E-state index in [0.29, 0.717) is 64.0 Å². The Morgan fingerprint density at radius 3 is 2.47 bits per heavy atom. The van der Waals surface area contributed by atoms with Crippen LogP contribution in [0.4, 0.5) is 11.4 Å². The topological polar surface area (TPSA) is 65.8 Å². The first kappa shape index (κ1) is 26.1. The van der Waals surface area contributed by atoms with Crippen LogP contribution in [0, 0.1) is 5.92 Å². The molecule has 0 atom stereocenters. The number of hydrogen-bond donors (Lipinski definition) is 1. The van der Waals surface area contributed by atoms with Gasteiger partial charge in [0.25, 0.3) is 0 Å². The van der Waals surface area contributed by atoms with Gasteiger partial charge in [-0.05, 0) is 48.5 Å². The molecule has 1 aliphatic rings. The molecule has 36 heavy (non-hydrogen) atoms. The number of benzene rings is 2. The van der Waals surface area contributed by atoms with Gasteiger partial charge in [0.05, 0.1) is 21.4 Å². The van der Waals surface area contributed by atoms with Gasteiger partial charge in [0.1, 0.15) is 11.5 Å². The lowest BCUT2D eigenvalue weighted by Gasteiger charge is -2.37. The maximum atomic E-state index is 12.7. The van der Waals surface area contributed by atoms with Gasteiger partial charge in [0.15, 0.2) is 0 Å². The zero-order valence-electron chi connectivity index (χ0n) is 19.9. The zero-order chi connectivity index (χ0) is 25.8. The van der Waals surface area contributed by atoms with Crippen LogP contribution >= 0.6 is 34.8 Å². The fourth-order valence-electron chi connectivity index (χ4n) is 4.03. The van der Waals surface area contributed by atoms with E-state index in [1.54, 1.807) is 42.5 Å². The summed E-state index contributed by atoms with van der Waals surface area (Å²) in [5.41, 5.74) is 2.13. The molecule has 3 aromatic rings. The lowest BCUT2D eigenvalue weighted by atomic mass is 10.1. The van der Waals surface area contributed by atoms with Crippen LogP contribution < -0.4 is 10.2 Å². The minimum Gasteiger partial charge on any atom is -0.457 e. The van der Waals surface area contributed by atoms with Crippen LogP contribution in [0.2, 0.25) is 15.1 Å². The third-order valence-corrected chi connectivity index (χ3v) is 6.94. The average molecular weight is 547 g/mol. The number of nitrogens with one attached hydrogen (secondary N) is 1. The maximum Gasteiger partial charge on any atom is 0.248 e. The Bertz CT molecular complexity index is 1290. The normalized spacial score (nSPS) is 14.1. The number of carbonyl (C=O) groups excluding carboxylic acids is 2. The van der Waals surface area contributed by atoms with Crippen molar-refractivity contribution >= 4 is 64.1 Å². The number of carbonyl (C=O) groups is 2. The molecular formula is C27H26Cl3N3O3.